The Morgan fingerprint density at radius 2 is 1.11 bits per heavy atom. The van der Waals surface area contributed by atoms with E-state index < -0.39 is 0 Å². The summed E-state index contributed by atoms with van der Waals surface area (Å²) < 4.78 is 0. The molecule has 0 bridgehead atoms. The van der Waals surface area contributed by atoms with Crippen LogP contribution >= 0.6 is 0 Å². The summed E-state index contributed by atoms with van der Waals surface area (Å²) in [5, 5.41) is 31.0. The number of aryl methyl sites for hydroxylation is 1. The molecule has 0 aliphatic rings. The molecule has 1 aromatic carbocycles. The molecule has 0 saturated heterocycles. The van der Waals surface area contributed by atoms with Gasteiger partial charge in [-0.05, 0) is 55.4 Å². The SMILES string of the molecule is CC(C)(C)CCCCCc1cc(O)c(CCCCCC(C)(C)C)c(O)c1O. The van der Waals surface area contributed by atoms with Gasteiger partial charge in [-0.2, -0.15) is 0 Å². The molecule has 3 N–H and O–H groups in total. The highest BCUT2D eigenvalue weighted by molar-refractivity contribution is 5.56. The molecule has 1 rings (SSSR count). The fourth-order valence-electron chi connectivity index (χ4n) is 3.46. The number of benzene rings is 1. The van der Waals surface area contributed by atoms with Gasteiger partial charge in [0.1, 0.15) is 5.75 Å². The fourth-order valence-corrected chi connectivity index (χ4v) is 3.46. The molecule has 3 heteroatoms. The van der Waals surface area contributed by atoms with Crippen LogP contribution in [0.15, 0.2) is 6.07 Å². The van der Waals surface area contributed by atoms with Crippen LogP contribution in [0.4, 0.5) is 0 Å². The Bertz CT molecular complexity index is 577. The van der Waals surface area contributed by atoms with E-state index in [9.17, 15) is 15.3 Å². The van der Waals surface area contributed by atoms with Crippen LogP contribution in [-0.4, -0.2) is 15.3 Å². The van der Waals surface area contributed by atoms with E-state index >= 15 is 0 Å². The summed E-state index contributed by atoms with van der Waals surface area (Å²) in [6.07, 6.45) is 9.95. The topological polar surface area (TPSA) is 60.7 Å². The standard InChI is InChI=1S/C24H42O3/c1-23(2,3)15-11-7-9-13-18-17-20(25)19(22(27)21(18)26)14-10-8-12-16-24(4,5)6/h17,25-27H,7-16H2,1-6H3. The maximum absolute atomic E-state index is 10.3. The van der Waals surface area contributed by atoms with Crippen molar-refractivity contribution in [2.75, 3.05) is 0 Å². The van der Waals surface area contributed by atoms with Crippen molar-refractivity contribution in [2.24, 2.45) is 10.8 Å². The summed E-state index contributed by atoms with van der Waals surface area (Å²) in [6, 6.07) is 1.64. The van der Waals surface area contributed by atoms with Crippen molar-refractivity contribution in [2.45, 2.75) is 106 Å². The van der Waals surface area contributed by atoms with E-state index in [-0.39, 0.29) is 17.2 Å². The van der Waals surface area contributed by atoms with Crippen LogP contribution in [0, 0.1) is 10.8 Å². The summed E-state index contributed by atoms with van der Waals surface area (Å²) in [6.45, 7) is 13.5. The maximum atomic E-state index is 10.3. The molecule has 0 atom stereocenters. The molecule has 0 aromatic heterocycles. The molecule has 0 fully saturated rings. The van der Waals surface area contributed by atoms with E-state index in [4.69, 9.17) is 0 Å². The molecule has 0 aliphatic heterocycles. The Morgan fingerprint density at radius 1 is 0.630 bits per heavy atom. The van der Waals surface area contributed by atoms with Gasteiger partial charge in [0.15, 0.2) is 11.5 Å². The number of aromatic hydroxyl groups is 3. The van der Waals surface area contributed by atoms with Crippen molar-refractivity contribution in [1.29, 1.82) is 0 Å². The molecule has 156 valence electrons. The van der Waals surface area contributed by atoms with E-state index in [1.54, 1.807) is 6.07 Å². The predicted octanol–water partition coefficient (Wildman–Crippen LogP) is 7.10. The molecule has 0 unspecified atom stereocenters. The molecule has 0 aliphatic carbocycles. The zero-order chi connectivity index (χ0) is 20.7. The van der Waals surface area contributed by atoms with Crippen LogP contribution in [0.3, 0.4) is 0 Å². The first-order valence-corrected chi connectivity index (χ1v) is 10.7. The predicted molar refractivity (Wildman–Crippen MR) is 115 cm³/mol. The van der Waals surface area contributed by atoms with Crippen molar-refractivity contribution in [1.82, 2.24) is 0 Å². The van der Waals surface area contributed by atoms with Crippen molar-refractivity contribution in [3.63, 3.8) is 0 Å². The van der Waals surface area contributed by atoms with E-state index in [1.165, 1.54) is 12.8 Å². The van der Waals surface area contributed by atoms with E-state index in [0.29, 0.717) is 34.8 Å². The van der Waals surface area contributed by atoms with Crippen LogP contribution < -0.4 is 0 Å². The van der Waals surface area contributed by atoms with Crippen LogP contribution in [0.1, 0.15) is 104 Å². The number of phenols is 3. The van der Waals surface area contributed by atoms with Crippen LogP contribution in [0.5, 0.6) is 17.2 Å². The second-order valence-corrected chi connectivity index (χ2v) is 10.5. The third-order valence-electron chi connectivity index (χ3n) is 5.16. The second kappa shape index (κ2) is 10.2. The summed E-state index contributed by atoms with van der Waals surface area (Å²) in [5.41, 5.74) is 1.83. The number of hydrogen-bond donors (Lipinski definition) is 3. The Morgan fingerprint density at radius 3 is 1.59 bits per heavy atom. The Balaban J connectivity index is 2.53. The number of rotatable bonds is 10. The molecule has 1 aromatic rings. The highest BCUT2D eigenvalue weighted by atomic mass is 16.3. The first kappa shape index (κ1) is 23.7. The molecule has 0 heterocycles. The first-order chi connectivity index (χ1) is 12.4. The summed E-state index contributed by atoms with van der Waals surface area (Å²) >= 11 is 0. The largest absolute Gasteiger partial charge is 0.508 e. The van der Waals surface area contributed by atoms with Crippen LogP contribution in [0.2, 0.25) is 0 Å². The van der Waals surface area contributed by atoms with Gasteiger partial charge in [0.05, 0.1) is 0 Å². The minimum Gasteiger partial charge on any atom is -0.508 e. The number of hydrogen-bond acceptors (Lipinski definition) is 3. The lowest BCUT2D eigenvalue weighted by Crippen LogP contribution is -2.04. The van der Waals surface area contributed by atoms with E-state index in [2.05, 4.69) is 41.5 Å². The highest BCUT2D eigenvalue weighted by Gasteiger charge is 2.17. The lowest BCUT2D eigenvalue weighted by atomic mass is 9.89. The quantitative estimate of drug-likeness (QED) is 0.231. The average molecular weight is 379 g/mol. The molecule has 0 spiro atoms. The van der Waals surface area contributed by atoms with E-state index in [1.807, 2.05) is 0 Å². The van der Waals surface area contributed by atoms with Gasteiger partial charge in [0.2, 0.25) is 0 Å². The third kappa shape index (κ3) is 9.39. The van der Waals surface area contributed by atoms with Crippen LogP contribution in [0.25, 0.3) is 0 Å². The number of unbranched alkanes of at least 4 members (excludes halogenated alkanes) is 4. The van der Waals surface area contributed by atoms with Crippen molar-refractivity contribution < 1.29 is 15.3 Å². The van der Waals surface area contributed by atoms with Gasteiger partial charge in [0, 0.05) is 11.1 Å². The molecule has 27 heavy (non-hydrogen) atoms. The van der Waals surface area contributed by atoms with Crippen molar-refractivity contribution in [3.05, 3.63) is 17.2 Å². The van der Waals surface area contributed by atoms with Gasteiger partial charge in [-0.3, -0.25) is 0 Å². The average Bonchev–Trinajstić information content (AvgIpc) is 2.52. The molecule has 0 saturated carbocycles. The Labute approximate surface area is 166 Å². The lowest BCUT2D eigenvalue weighted by Gasteiger charge is -2.18. The van der Waals surface area contributed by atoms with Crippen molar-refractivity contribution >= 4 is 0 Å². The normalized spacial score (nSPS) is 12.5. The van der Waals surface area contributed by atoms with Gasteiger partial charge in [-0.15, -0.1) is 0 Å². The zero-order valence-electron chi connectivity index (χ0n) is 18.5. The smallest absolute Gasteiger partial charge is 0.164 e. The van der Waals surface area contributed by atoms with Crippen molar-refractivity contribution in [3.8, 4) is 17.2 Å². The summed E-state index contributed by atoms with van der Waals surface area (Å²) in [5.74, 6) is -0.0605. The van der Waals surface area contributed by atoms with Gasteiger partial charge < -0.3 is 15.3 Å². The van der Waals surface area contributed by atoms with Gasteiger partial charge in [-0.1, -0.05) is 67.2 Å². The zero-order valence-corrected chi connectivity index (χ0v) is 18.5. The second-order valence-electron chi connectivity index (χ2n) is 10.5. The summed E-state index contributed by atoms with van der Waals surface area (Å²) in [7, 11) is 0. The first-order valence-electron chi connectivity index (χ1n) is 10.7. The molecule has 0 radical (unpaired) electrons. The fraction of sp³-hybridized carbons (Fsp3) is 0.750. The molecule has 0 amide bonds. The minimum absolute atomic E-state index is 0.0479. The summed E-state index contributed by atoms with van der Waals surface area (Å²) in [4.78, 5) is 0. The molecular weight excluding hydrogens is 336 g/mol. The maximum Gasteiger partial charge on any atom is 0.164 e. The van der Waals surface area contributed by atoms with Crippen LogP contribution in [-0.2, 0) is 12.8 Å². The minimum atomic E-state index is -0.129. The molecular formula is C24H42O3. The Hall–Kier alpha value is -1.38. The monoisotopic (exact) mass is 378 g/mol. The van der Waals surface area contributed by atoms with Gasteiger partial charge >= 0.3 is 0 Å². The number of phenolic OH excluding ortho intramolecular Hbond substituents is 3. The lowest BCUT2D eigenvalue weighted by molar-refractivity contribution is 0.355. The van der Waals surface area contributed by atoms with Gasteiger partial charge in [0.25, 0.3) is 0 Å². The molecule has 3 nitrogen and oxygen atoms in total. The van der Waals surface area contributed by atoms with Gasteiger partial charge in [-0.25, -0.2) is 0 Å². The third-order valence-corrected chi connectivity index (χ3v) is 5.16. The van der Waals surface area contributed by atoms with E-state index in [0.717, 1.165) is 38.5 Å². The highest BCUT2D eigenvalue weighted by Crippen LogP contribution is 2.40. The Kier molecular flexibility index (Phi) is 8.98.